The lowest BCUT2D eigenvalue weighted by molar-refractivity contribution is -0.121. The van der Waals surface area contributed by atoms with Crippen molar-refractivity contribution in [1.82, 2.24) is 20.4 Å². The van der Waals surface area contributed by atoms with Crippen LogP contribution in [0.25, 0.3) is 11.3 Å². The van der Waals surface area contributed by atoms with Gasteiger partial charge in [-0.2, -0.15) is 5.10 Å². The molecular formula is C22H24N4O3S. The molecule has 0 aliphatic carbocycles. The molecule has 0 spiro atoms. The van der Waals surface area contributed by atoms with Gasteiger partial charge in [-0.3, -0.25) is 14.7 Å². The number of piperidine rings is 1. The van der Waals surface area contributed by atoms with E-state index in [1.807, 2.05) is 46.7 Å². The third-order valence-electron chi connectivity index (χ3n) is 5.26. The number of methoxy groups -OCH3 is 1. The van der Waals surface area contributed by atoms with E-state index in [0.29, 0.717) is 25.2 Å². The maximum Gasteiger partial charge on any atom is 0.271 e. The summed E-state index contributed by atoms with van der Waals surface area (Å²) in [7, 11) is 1.62. The van der Waals surface area contributed by atoms with Crippen LogP contribution in [0.1, 0.15) is 28.2 Å². The van der Waals surface area contributed by atoms with E-state index < -0.39 is 0 Å². The molecule has 7 nitrogen and oxygen atoms in total. The van der Waals surface area contributed by atoms with Gasteiger partial charge < -0.3 is 15.0 Å². The maximum atomic E-state index is 12.8. The van der Waals surface area contributed by atoms with Gasteiger partial charge in [-0.15, -0.1) is 11.3 Å². The van der Waals surface area contributed by atoms with Gasteiger partial charge in [0.05, 0.1) is 19.2 Å². The molecule has 2 N–H and O–H groups in total. The minimum absolute atomic E-state index is 0.0416. The zero-order valence-electron chi connectivity index (χ0n) is 16.8. The van der Waals surface area contributed by atoms with Crippen molar-refractivity contribution < 1.29 is 14.3 Å². The van der Waals surface area contributed by atoms with Crippen molar-refractivity contribution in [3.63, 3.8) is 0 Å². The van der Waals surface area contributed by atoms with Crippen molar-refractivity contribution in [2.24, 2.45) is 0 Å². The largest absolute Gasteiger partial charge is 0.497 e. The average molecular weight is 425 g/mol. The average Bonchev–Trinajstić information content (AvgIpc) is 3.46. The Morgan fingerprint density at radius 2 is 2.00 bits per heavy atom. The fourth-order valence-electron chi connectivity index (χ4n) is 3.59. The van der Waals surface area contributed by atoms with Gasteiger partial charge in [0.2, 0.25) is 5.91 Å². The number of amides is 2. The lowest BCUT2D eigenvalue weighted by Gasteiger charge is -2.32. The minimum Gasteiger partial charge on any atom is -0.497 e. The number of rotatable bonds is 6. The third-order valence-corrected chi connectivity index (χ3v) is 6.13. The van der Waals surface area contributed by atoms with Gasteiger partial charge in [0.25, 0.3) is 5.91 Å². The van der Waals surface area contributed by atoms with Crippen molar-refractivity contribution in [3.05, 3.63) is 58.4 Å². The number of likely N-dealkylation sites (tertiary alicyclic amines) is 1. The molecule has 156 valence electrons. The van der Waals surface area contributed by atoms with Crippen LogP contribution < -0.4 is 10.1 Å². The molecule has 1 aliphatic rings. The molecule has 2 amide bonds. The first kappa shape index (κ1) is 20.2. The Balaban J connectivity index is 1.30. The second-order valence-corrected chi connectivity index (χ2v) is 8.32. The highest BCUT2D eigenvalue weighted by atomic mass is 32.1. The lowest BCUT2D eigenvalue weighted by Crippen LogP contribution is -2.46. The van der Waals surface area contributed by atoms with Gasteiger partial charge >= 0.3 is 0 Å². The van der Waals surface area contributed by atoms with Crippen LogP contribution in [0.3, 0.4) is 0 Å². The molecule has 0 bridgehead atoms. The molecule has 2 aromatic heterocycles. The smallest absolute Gasteiger partial charge is 0.271 e. The Labute approximate surface area is 179 Å². The SMILES string of the molecule is COc1ccc(-c2cc(C(=O)N3CCC(NC(=O)Cc4cccs4)CC3)[nH]n2)cc1. The molecular weight excluding hydrogens is 400 g/mol. The van der Waals surface area contributed by atoms with Crippen molar-refractivity contribution in [2.75, 3.05) is 20.2 Å². The number of aromatic amines is 1. The number of nitrogens with one attached hydrogen (secondary N) is 2. The third kappa shape index (κ3) is 4.71. The maximum absolute atomic E-state index is 12.8. The van der Waals surface area contributed by atoms with Crippen LogP contribution in [-0.2, 0) is 11.2 Å². The molecule has 1 aliphatic heterocycles. The van der Waals surface area contributed by atoms with Crippen molar-refractivity contribution in [3.8, 4) is 17.0 Å². The summed E-state index contributed by atoms with van der Waals surface area (Å²) in [5.41, 5.74) is 2.11. The van der Waals surface area contributed by atoms with Gasteiger partial charge in [-0.05, 0) is 54.6 Å². The summed E-state index contributed by atoms with van der Waals surface area (Å²) >= 11 is 1.59. The van der Waals surface area contributed by atoms with Crippen LogP contribution in [0.15, 0.2) is 47.8 Å². The summed E-state index contributed by atoms with van der Waals surface area (Å²) in [6.07, 6.45) is 1.92. The van der Waals surface area contributed by atoms with Crippen molar-refractivity contribution in [2.45, 2.75) is 25.3 Å². The number of benzene rings is 1. The first-order valence-electron chi connectivity index (χ1n) is 9.93. The number of ether oxygens (including phenoxy) is 1. The van der Waals surface area contributed by atoms with Gasteiger partial charge in [0, 0.05) is 29.6 Å². The van der Waals surface area contributed by atoms with Crippen LogP contribution in [-0.4, -0.2) is 53.2 Å². The first-order chi connectivity index (χ1) is 14.6. The van der Waals surface area contributed by atoms with E-state index >= 15 is 0 Å². The summed E-state index contributed by atoms with van der Waals surface area (Å²) in [6.45, 7) is 1.22. The topological polar surface area (TPSA) is 87.3 Å². The standard InChI is InChI=1S/C22H24N4O3S/c1-29-17-6-4-15(5-7-17)19-14-20(25-24-19)22(28)26-10-8-16(9-11-26)23-21(27)13-18-3-2-12-30-18/h2-7,12,14,16H,8-11,13H2,1H3,(H,23,27)(H,24,25). The summed E-state index contributed by atoms with van der Waals surface area (Å²) in [6, 6.07) is 13.4. The molecule has 4 rings (SSSR count). The van der Waals surface area contributed by atoms with E-state index in [-0.39, 0.29) is 17.9 Å². The normalized spacial score (nSPS) is 14.5. The molecule has 30 heavy (non-hydrogen) atoms. The summed E-state index contributed by atoms with van der Waals surface area (Å²) in [4.78, 5) is 27.9. The number of H-pyrrole nitrogens is 1. The molecule has 0 unspecified atom stereocenters. The van der Waals surface area contributed by atoms with Crippen LogP contribution in [0.4, 0.5) is 0 Å². The van der Waals surface area contributed by atoms with E-state index in [1.54, 1.807) is 24.5 Å². The number of nitrogens with zero attached hydrogens (tertiary/aromatic N) is 2. The Morgan fingerprint density at radius 1 is 1.23 bits per heavy atom. The number of thiophene rings is 1. The van der Waals surface area contributed by atoms with E-state index in [1.165, 1.54) is 0 Å². The van der Waals surface area contributed by atoms with Gasteiger partial charge in [-0.25, -0.2) is 0 Å². The Hall–Kier alpha value is -3.13. The monoisotopic (exact) mass is 424 g/mol. The van der Waals surface area contributed by atoms with Gasteiger partial charge in [0.1, 0.15) is 11.4 Å². The Kier molecular flexibility index (Phi) is 6.13. The number of carbonyl (C=O) groups is 2. The lowest BCUT2D eigenvalue weighted by atomic mass is 10.0. The van der Waals surface area contributed by atoms with Crippen LogP contribution >= 0.6 is 11.3 Å². The zero-order chi connectivity index (χ0) is 20.9. The highest BCUT2D eigenvalue weighted by Crippen LogP contribution is 2.22. The van der Waals surface area contributed by atoms with E-state index in [4.69, 9.17) is 4.74 Å². The van der Waals surface area contributed by atoms with Crippen LogP contribution in [0.5, 0.6) is 5.75 Å². The Bertz CT molecular complexity index is 990. The molecule has 1 fully saturated rings. The zero-order valence-corrected chi connectivity index (χ0v) is 17.6. The fourth-order valence-corrected chi connectivity index (χ4v) is 4.29. The quantitative estimate of drug-likeness (QED) is 0.637. The summed E-state index contributed by atoms with van der Waals surface area (Å²) in [5.74, 6) is 0.751. The van der Waals surface area contributed by atoms with E-state index in [0.717, 1.165) is 34.7 Å². The number of hydrogen-bond donors (Lipinski definition) is 2. The second kappa shape index (κ2) is 9.13. The highest BCUT2D eigenvalue weighted by molar-refractivity contribution is 7.10. The van der Waals surface area contributed by atoms with Crippen molar-refractivity contribution in [1.29, 1.82) is 0 Å². The molecule has 8 heteroatoms. The molecule has 0 atom stereocenters. The predicted octanol–water partition coefficient (Wildman–Crippen LogP) is 3.11. The molecule has 1 aromatic carbocycles. The van der Waals surface area contributed by atoms with E-state index in [2.05, 4.69) is 15.5 Å². The predicted molar refractivity (Wildman–Crippen MR) is 116 cm³/mol. The molecule has 0 saturated carbocycles. The number of carbonyl (C=O) groups excluding carboxylic acids is 2. The molecule has 3 aromatic rings. The molecule has 3 heterocycles. The Morgan fingerprint density at radius 3 is 2.67 bits per heavy atom. The van der Waals surface area contributed by atoms with Gasteiger partial charge in [-0.1, -0.05) is 6.07 Å². The van der Waals surface area contributed by atoms with E-state index in [9.17, 15) is 9.59 Å². The highest BCUT2D eigenvalue weighted by Gasteiger charge is 2.25. The molecule has 0 radical (unpaired) electrons. The van der Waals surface area contributed by atoms with Crippen molar-refractivity contribution >= 4 is 23.2 Å². The summed E-state index contributed by atoms with van der Waals surface area (Å²) < 4.78 is 5.17. The first-order valence-corrected chi connectivity index (χ1v) is 10.8. The number of aromatic nitrogens is 2. The fraction of sp³-hybridized carbons (Fsp3) is 0.318. The van der Waals surface area contributed by atoms with Gasteiger partial charge in [0.15, 0.2) is 0 Å². The van der Waals surface area contributed by atoms with Crippen LogP contribution in [0, 0.1) is 0 Å². The van der Waals surface area contributed by atoms with Crippen LogP contribution in [0.2, 0.25) is 0 Å². The second-order valence-electron chi connectivity index (χ2n) is 7.29. The molecule has 1 saturated heterocycles. The minimum atomic E-state index is -0.0642. The number of hydrogen-bond acceptors (Lipinski definition) is 5. The summed E-state index contributed by atoms with van der Waals surface area (Å²) in [5, 5.41) is 12.2.